The molecule has 0 spiro atoms. The summed E-state index contributed by atoms with van der Waals surface area (Å²) in [5.74, 6) is -2.99. The van der Waals surface area contributed by atoms with Gasteiger partial charge in [-0.15, -0.1) is 0 Å². The minimum atomic E-state index is -1.43. The summed E-state index contributed by atoms with van der Waals surface area (Å²) in [6.45, 7) is 1.50. The summed E-state index contributed by atoms with van der Waals surface area (Å²) in [6, 6.07) is 6.06. The molecule has 0 saturated carbocycles. The van der Waals surface area contributed by atoms with E-state index >= 15 is 0 Å². The maximum atomic E-state index is 12.0. The van der Waals surface area contributed by atoms with Gasteiger partial charge in [-0.25, -0.2) is 0 Å². The van der Waals surface area contributed by atoms with Gasteiger partial charge in [0.1, 0.15) is 5.75 Å². The predicted octanol–water partition coefficient (Wildman–Crippen LogP) is -3.66. The second kappa shape index (κ2) is 6.04. The van der Waals surface area contributed by atoms with Crippen LogP contribution in [-0.2, 0) is 9.59 Å². The van der Waals surface area contributed by atoms with E-state index in [1.807, 2.05) is 0 Å². The molecule has 0 radical (unpaired) electrons. The summed E-state index contributed by atoms with van der Waals surface area (Å²) < 4.78 is 0. The second-order valence-electron chi connectivity index (χ2n) is 5.39. The van der Waals surface area contributed by atoms with Crippen LogP contribution >= 0.6 is 0 Å². The van der Waals surface area contributed by atoms with Crippen LogP contribution in [0.3, 0.4) is 0 Å². The normalized spacial score (nSPS) is 27.4. The van der Waals surface area contributed by atoms with Crippen LogP contribution in [0, 0.1) is 5.92 Å². The van der Waals surface area contributed by atoms with Gasteiger partial charge >= 0.3 is 29.6 Å². The molecule has 7 heteroatoms. The van der Waals surface area contributed by atoms with E-state index in [2.05, 4.69) is 0 Å². The number of amides is 1. The number of aromatic hydroxyl groups is 1. The van der Waals surface area contributed by atoms with Crippen LogP contribution < -0.4 is 34.7 Å². The van der Waals surface area contributed by atoms with Crippen molar-refractivity contribution >= 4 is 11.9 Å². The van der Waals surface area contributed by atoms with Gasteiger partial charge in [0.05, 0.1) is 29.7 Å². The van der Waals surface area contributed by atoms with Crippen LogP contribution in [0.5, 0.6) is 5.75 Å². The van der Waals surface area contributed by atoms with E-state index in [-0.39, 0.29) is 41.0 Å². The van der Waals surface area contributed by atoms with Gasteiger partial charge in [-0.05, 0) is 19.1 Å². The minimum absolute atomic E-state index is 0. The molecule has 2 aliphatic rings. The number of β-lactam (4-membered cyclic amide) rings is 1. The zero-order valence-electron chi connectivity index (χ0n) is 12.3. The number of phenols is 1. The number of benzene rings is 1. The third-order valence-corrected chi connectivity index (χ3v) is 4.18. The molecule has 1 amide bonds. The first-order chi connectivity index (χ1) is 9.93. The Morgan fingerprint density at radius 3 is 2.55 bits per heavy atom. The quantitative estimate of drug-likeness (QED) is 0.443. The van der Waals surface area contributed by atoms with Crippen molar-refractivity contribution in [2.75, 3.05) is 0 Å². The Morgan fingerprint density at radius 2 is 2.00 bits per heavy atom. The zero-order chi connectivity index (χ0) is 15.3. The number of carboxylic acids is 1. The van der Waals surface area contributed by atoms with Crippen molar-refractivity contribution in [3.8, 4) is 5.75 Å². The fraction of sp³-hybridized carbons (Fsp3) is 0.333. The smallest absolute Gasteiger partial charge is 0.543 e. The Balaban J connectivity index is 0.00000176. The predicted molar refractivity (Wildman–Crippen MR) is 69.7 cm³/mol. The molecule has 1 unspecified atom stereocenters. The molecule has 22 heavy (non-hydrogen) atoms. The maximum Gasteiger partial charge on any atom is 1.00 e. The van der Waals surface area contributed by atoms with Crippen LogP contribution in [-0.4, -0.2) is 39.1 Å². The van der Waals surface area contributed by atoms with Crippen LogP contribution in [0.4, 0.5) is 0 Å². The summed E-state index contributed by atoms with van der Waals surface area (Å²) in [7, 11) is 0. The summed E-state index contributed by atoms with van der Waals surface area (Å²) in [6.07, 6.45) is 0.525. The largest absolute Gasteiger partial charge is 1.00 e. The van der Waals surface area contributed by atoms with Crippen LogP contribution in [0.2, 0.25) is 0 Å². The minimum Gasteiger partial charge on any atom is -0.543 e. The summed E-state index contributed by atoms with van der Waals surface area (Å²) in [4.78, 5) is 24.4. The number of hydrogen-bond donors (Lipinski definition) is 2. The number of aliphatic hydroxyl groups excluding tert-OH is 1. The molecule has 4 atom stereocenters. The van der Waals surface area contributed by atoms with Crippen LogP contribution in [0.15, 0.2) is 36.0 Å². The first-order valence-corrected chi connectivity index (χ1v) is 6.65. The molecule has 2 aliphatic heterocycles. The standard InChI is InChI=1S/C15H15NO5.Na/c1-7(17)12-13-9(8-4-2-3-5-11(8)18)6-10(15(20)21)16(13)14(12)19;/h2-7,9,12-13,17-18H,1H3,(H,20,21);/q;+1/p-1/t7-,9?,12-,13-;/m1./s1. The molecule has 1 saturated heterocycles. The Kier molecular flexibility index (Phi) is 4.67. The van der Waals surface area contributed by atoms with Crippen LogP contribution in [0.1, 0.15) is 18.4 Å². The van der Waals surface area contributed by atoms with E-state index in [4.69, 9.17) is 0 Å². The molecule has 2 heterocycles. The monoisotopic (exact) mass is 311 g/mol. The number of phenolic OH excluding ortho intramolecular Hbond substituents is 1. The molecule has 110 valence electrons. The van der Waals surface area contributed by atoms with Gasteiger partial charge in [-0.2, -0.15) is 0 Å². The number of fused-ring (bicyclic) bond motifs is 1. The Labute approximate surface area is 149 Å². The van der Waals surface area contributed by atoms with Gasteiger partial charge in [0.25, 0.3) is 0 Å². The average molecular weight is 311 g/mol. The van der Waals surface area contributed by atoms with Gasteiger partial charge in [0.15, 0.2) is 0 Å². The van der Waals surface area contributed by atoms with Gasteiger partial charge < -0.3 is 25.0 Å². The van der Waals surface area contributed by atoms with Crippen molar-refractivity contribution in [3.63, 3.8) is 0 Å². The molecule has 3 rings (SSSR count). The first kappa shape index (κ1) is 17.0. The fourth-order valence-electron chi connectivity index (χ4n) is 3.25. The Bertz CT molecular complexity index is 657. The van der Waals surface area contributed by atoms with Crippen molar-refractivity contribution in [1.82, 2.24) is 4.90 Å². The Morgan fingerprint density at radius 1 is 1.36 bits per heavy atom. The number of hydrogen-bond acceptors (Lipinski definition) is 5. The van der Waals surface area contributed by atoms with Crippen molar-refractivity contribution in [1.29, 1.82) is 0 Å². The van der Waals surface area contributed by atoms with E-state index in [9.17, 15) is 24.9 Å². The van der Waals surface area contributed by atoms with Gasteiger partial charge in [0.2, 0.25) is 5.91 Å². The molecule has 6 nitrogen and oxygen atoms in total. The van der Waals surface area contributed by atoms with Crippen molar-refractivity contribution < 1.29 is 54.5 Å². The number of carboxylic acid groups (broad SMARTS) is 1. The molecular formula is C15H14NNaO5. The summed E-state index contributed by atoms with van der Waals surface area (Å²) in [5.41, 5.74) is 0.331. The number of carbonyl (C=O) groups is 2. The maximum absolute atomic E-state index is 12.0. The van der Waals surface area contributed by atoms with Crippen molar-refractivity contribution in [2.45, 2.75) is 25.0 Å². The number of carbonyl (C=O) groups excluding carboxylic acids is 2. The van der Waals surface area contributed by atoms with Gasteiger partial charge in [-0.1, -0.05) is 18.2 Å². The van der Waals surface area contributed by atoms with E-state index in [1.54, 1.807) is 18.2 Å². The van der Waals surface area contributed by atoms with Crippen molar-refractivity contribution in [2.24, 2.45) is 5.92 Å². The number of rotatable bonds is 3. The number of aliphatic carboxylic acids is 1. The number of para-hydroxylation sites is 1. The third-order valence-electron chi connectivity index (χ3n) is 4.18. The van der Waals surface area contributed by atoms with Gasteiger partial charge in [0, 0.05) is 11.5 Å². The zero-order valence-corrected chi connectivity index (χ0v) is 14.3. The fourth-order valence-corrected chi connectivity index (χ4v) is 3.25. The molecular weight excluding hydrogens is 297 g/mol. The number of nitrogens with zero attached hydrogens (tertiary/aromatic N) is 1. The third kappa shape index (κ3) is 2.36. The second-order valence-corrected chi connectivity index (χ2v) is 5.39. The molecule has 1 aromatic rings. The number of aliphatic hydroxyl groups is 1. The van der Waals surface area contributed by atoms with E-state index in [0.29, 0.717) is 5.56 Å². The topological polar surface area (TPSA) is 101 Å². The Hall–Kier alpha value is -1.34. The average Bonchev–Trinajstić information content (AvgIpc) is 2.74. The SMILES string of the molecule is C[C@@H](O)[C@H]1C(=O)N2C(C(=O)[O-])=CC(c3ccccc3O)[C@H]12.[Na+]. The van der Waals surface area contributed by atoms with Crippen molar-refractivity contribution in [3.05, 3.63) is 41.6 Å². The van der Waals surface area contributed by atoms with Crippen LogP contribution in [0.25, 0.3) is 0 Å². The molecule has 1 aromatic carbocycles. The summed E-state index contributed by atoms with van der Waals surface area (Å²) in [5, 5.41) is 30.9. The molecule has 2 N–H and O–H groups in total. The molecule has 0 aromatic heterocycles. The molecule has 1 fully saturated rings. The van der Waals surface area contributed by atoms with E-state index in [1.165, 1.54) is 19.1 Å². The van der Waals surface area contributed by atoms with E-state index < -0.39 is 35.9 Å². The summed E-state index contributed by atoms with van der Waals surface area (Å²) >= 11 is 0. The van der Waals surface area contributed by atoms with Gasteiger partial charge in [-0.3, -0.25) is 4.79 Å². The molecule has 0 bridgehead atoms. The van der Waals surface area contributed by atoms with E-state index in [0.717, 1.165) is 4.90 Å². The first-order valence-electron chi connectivity index (χ1n) is 6.65. The molecule has 0 aliphatic carbocycles.